The van der Waals surface area contributed by atoms with Gasteiger partial charge in [0.15, 0.2) is 0 Å². The smallest absolute Gasteiger partial charge is 0.301 e. The Morgan fingerprint density at radius 2 is 1.40 bits per heavy atom. The Hall–Kier alpha value is 0.260. The van der Waals surface area contributed by atoms with Crippen LogP contribution in [0.25, 0.3) is 0 Å². The van der Waals surface area contributed by atoms with Gasteiger partial charge in [0.2, 0.25) is 0 Å². The van der Waals surface area contributed by atoms with Crippen LogP contribution >= 0.6 is 16.7 Å². The molecule has 0 aromatic rings. The van der Waals surface area contributed by atoms with E-state index in [4.69, 9.17) is 14.4 Å². The van der Waals surface area contributed by atoms with Crippen LogP contribution in [-0.2, 0) is 9.29 Å². The van der Waals surface area contributed by atoms with Crippen molar-refractivity contribution < 1.29 is 36.2 Å². The van der Waals surface area contributed by atoms with Crippen LogP contribution in [0.15, 0.2) is 0 Å². The molecule has 0 spiro atoms. The highest BCUT2D eigenvalue weighted by Gasteiger charge is 2.12. The third-order valence-electron chi connectivity index (χ3n) is 0.0899. The van der Waals surface area contributed by atoms with Crippen molar-refractivity contribution in [1.29, 1.82) is 0 Å². The molecule has 64 valence electrons. The zero-order valence-electron chi connectivity index (χ0n) is 4.12. The van der Waals surface area contributed by atoms with Gasteiger partial charge in [-0.2, -0.15) is 12.6 Å². The van der Waals surface area contributed by atoms with Gasteiger partial charge in [0.25, 0.3) is 0 Å². The molecular weight excluding hydrogens is 202 g/mol. The molecule has 0 saturated heterocycles. The minimum absolute atomic E-state index is 2.10. The summed E-state index contributed by atoms with van der Waals surface area (Å²) in [5.41, 5.74) is 0. The van der Waals surface area contributed by atoms with Gasteiger partial charge in [-0.3, -0.25) is 0 Å². The van der Waals surface area contributed by atoms with Gasteiger partial charge in [-0.15, -0.1) is 0 Å². The van der Waals surface area contributed by atoms with Crippen LogP contribution in [0.4, 0.5) is 17.1 Å². The molecule has 0 fully saturated rings. The lowest BCUT2D eigenvalue weighted by Gasteiger charge is -1.87. The monoisotopic (exact) mass is 204 g/mol. The van der Waals surface area contributed by atoms with Gasteiger partial charge in [-0.1, -0.05) is 4.73 Å². The van der Waals surface area contributed by atoms with E-state index in [1.165, 1.54) is 0 Å². The van der Waals surface area contributed by atoms with Crippen LogP contribution in [0.3, 0.4) is 0 Å². The van der Waals surface area contributed by atoms with Crippen molar-refractivity contribution in [3.05, 3.63) is 0 Å². The van der Waals surface area contributed by atoms with Gasteiger partial charge >= 0.3 is 16.7 Å². The van der Waals surface area contributed by atoms with Crippen LogP contribution < -0.4 is 0 Å². The molecule has 0 saturated carbocycles. The van der Waals surface area contributed by atoms with Gasteiger partial charge in [0.05, 0.1) is 0 Å². The average Bonchev–Trinajstić information content (AvgIpc) is 1.63. The first-order valence-electron chi connectivity index (χ1n) is 1.43. The SMILES string of the molecule is FP(F)F.O=P(O)(O)OF. The molecule has 0 aromatic carbocycles. The molecule has 0 aliphatic carbocycles. The average molecular weight is 204 g/mol. The van der Waals surface area contributed by atoms with E-state index in [0.717, 1.165) is 0 Å². The number of phosphoric acid groups is 1. The molecule has 0 radical (unpaired) electrons. The summed E-state index contributed by atoms with van der Waals surface area (Å²) in [4.78, 5) is 14.7. The zero-order valence-corrected chi connectivity index (χ0v) is 5.91. The van der Waals surface area contributed by atoms with Crippen molar-refractivity contribution in [2.24, 2.45) is 0 Å². The van der Waals surface area contributed by atoms with Crippen molar-refractivity contribution in [2.75, 3.05) is 0 Å². The van der Waals surface area contributed by atoms with Crippen molar-refractivity contribution in [3.63, 3.8) is 0 Å². The third-order valence-corrected chi connectivity index (χ3v) is 0.270. The maximum atomic E-state index is 10.2. The molecule has 0 rings (SSSR count). The lowest BCUT2D eigenvalue weighted by molar-refractivity contribution is -0.0389. The van der Waals surface area contributed by atoms with Crippen molar-refractivity contribution in [1.82, 2.24) is 0 Å². The van der Waals surface area contributed by atoms with Gasteiger partial charge in [-0.05, 0) is 4.53 Å². The standard InChI is InChI=1S/F3P.FH2O4P/c1-4(2)3;1-5-6(2,3)4/h;(H2,2,3,4). The van der Waals surface area contributed by atoms with Crippen LogP contribution in [0.2, 0.25) is 0 Å². The second kappa shape index (κ2) is 6.00. The summed E-state index contributed by atoms with van der Waals surface area (Å²) in [5.74, 6) is 0. The van der Waals surface area contributed by atoms with Crippen LogP contribution in [0.5, 0.6) is 0 Å². The molecule has 10 heavy (non-hydrogen) atoms. The van der Waals surface area contributed by atoms with E-state index in [1.54, 1.807) is 0 Å². The van der Waals surface area contributed by atoms with E-state index < -0.39 is 16.7 Å². The highest BCUT2D eigenvalue weighted by Crippen LogP contribution is 2.39. The summed E-state index contributed by atoms with van der Waals surface area (Å²) in [5, 5.41) is 0. The largest absolute Gasteiger partial charge is 0.500 e. The number of rotatable bonds is 1. The molecule has 2 N–H and O–H groups in total. The molecule has 0 amide bonds. The van der Waals surface area contributed by atoms with Gasteiger partial charge in [0.1, 0.15) is 0 Å². The first-order chi connectivity index (χ1) is 4.29. The molecule has 4 nitrogen and oxygen atoms in total. The summed E-state index contributed by atoms with van der Waals surface area (Å²) < 4.78 is 50.6. The summed E-state index contributed by atoms with van der Waals surface area (Å²) in [6.07, 6.45) is 0. The highest BCUT2D eigenvalue weighted by atomic mass is 31.2. The second-order valence-corrected chi connectivity index (χ2v) is 2.25. The summed E-state index contributed by atoms with van der Waals surface area (Å²) in [6.45, 7) is 0. The van der Waals surface area contributed by atoms with Gasteiger partial charge in [-0.25, -0.2) is 4.57 Å². The Bertz CT molecular complexity index is 105. The normalized spacial score (nSPS) is 10.7. The quantitative estimate of drug-likeness (QED) is 0.506. The van der Waals surface area contributed by atoms with Crippen LogP contribution in [0, 0.1) is 0 Å². The minimum Gasteiger partial charge on any atom is -0.301 e. The first kappa shape index (κ1) is 12.9. The summed E-state index contributed by atoms with van der Waals surface area (Å²) in [6, 6.07) is 0. The Morgan fingerprint density at radius 3 is 1.40 bits per heavy atom. The topological polar surface area (TPSA) is 66.8 Å². The zero-order chi connectivity index (χ0) is 8.78. The molecular formula is H2F4O4P2. The van der Waals surface area contributed by atoms with E-state index in [2.05, 4.69) is 4.73 Å². The maximum absolute atomic E-state index is 10.2. The van der Waals surface area contributed by atoms with E-state index in [-0.39, 0.29) is 0 Å². The lowest BCUT2D eigenvalue weighted by atomic mass is 15.6. The lowest BCUT2D eigenvalue weighted by Crippen LogP contribution is -1.71. The summed E-state index contributed by atoms with van der Waals surface area (Å²) >= 11 is 0. The molecule has 0 atom stereocenters. The Kier molecular flexibility index (Phi) is 7.74. The highest BCUT2D eigenvalue weighted by molar-refractivity contribution is 7.46. The Labute approximate surface area is 54.1 Å². The fourth-order valence-corrected chi connectivity index (χ4v) is 0. The first-order valence-corrected chi connectivity index (χ1v) is 3.97. The Morgan fingerprint density at radius 1 is 1.30 bits per heavy atom. The maximum Gasteiger partial charge on any atom is 0.500 e. The van der Waals surface area contributed by atoms with Crippen LogP contribution in [0.1, 0.15) is 0 Å². The van der Waals surface area contributed by atoms with E-state index in [1.807, 2.05) is 0 Å². The molecule has 0 unspecified atom stereocenters. The number of halogens is 4. The fraction of sp³-hybridized carbons (Fsp3) is 0. The second-order valence-electron chi connectivity index (χ2n) is 0.751. The van der Waals surface area contributed by atoms with E-state index in [0.29, 0.717) is 0 Å². The molecule has 0 heterocycles. The molecule has 0 bridgehead atoms. The van der Waals surface area contributed by atoms with E-state index in [9.17, 15) is 17.1 Å². The van der Waals surface area contributed by atoms with Crippen LogP contribution in [-0.4, -0.2) is 9.79 Å². The molecule has 0 aliphatic heterocycles. The molecule has 0 aromatic heterocycles. The number of hydrogen-bond donors (Lipinski definition) is 2. The molecule has 10 heteroatoms. The predicted octanol–water partition coefficient (Wildman–Crippen LogP) is 2.10. The third kappa shape index (κ3) is 41.0. The number of hydrogen-bond acceptors (Lipinski definition) is 2. The minimum atomic E-state index is -4.81. The Balaban J connectivity index is 0. The van der Waals surface area contributed by atoms with Gasteiger partial charge in [0, 0.05) is 0 Å². The molecule has 0 aliphatic rings. The van der Waals surface area contributed by atoms with Crippen molar-refractivity contribution >= 4 is 16.7 Å². The van der Waals surface area contributed by atoms with Crippen molar-refractivity contribution in [2.45, 2.75) is 0 Å². The van der Waals surface area contributed by atoms with Crippen molar-refractivity contribution in [3.8, 4) is 0 Å². The predicted molar refractivity (Wildman–Crippen MR) is 24.5 cm³/mol. The van der Waals surface area contributed by atoms with E-state index >= 15 is 0 Å². The summed E-state index contributed by atoms with van der Waals surface area (Å²) in [7, 11) is -8.93. The fourth-order valence-electron chi connectivity index (χ4n) is 0. The van der Waals surface area contributed by atoms with Gasteiger partial charge < -0.3 is 9.79 Å².